The summed E-state index contributed by atoms with van der Waals surface area (Å²) >= 11 is 3.24. The van der Waals surface area contributed by atoms with Crippen LogP contribution in [0, 0.1) is 5.82 Å². The van der Waals surface area contributed by atoms with Crippen LogP contribution in [0.1, 0.15) is 24.1 Å². The Balaban J connectivity index is 2.09. The molecule has 0 saturated heterocycles. The SMILES string of the molecule is CNC(C)c1cccc(OCc2cccc(F)c2Br)c1. The fraction of sp³-hybridized carbons (Fsp3) is 0.250. The minimum absolute atomic E-state index is 0.263. The smallest absolute Gasteiger partial charge is 0.137 e. The lowest BCUT2D eigenvalue weighted by molar-refractivity contribution is 0.304. The molecule has 0 aliphatic heterocycles. The van der Waals surface area contributed by atoms with E-state index < -0.39 is 0 Å². The van der Waals surface area contributed by atoms with Crippen molar-refractivity contribution in [2.45, 2.75) is 19.6 Å². The molecule has 0 bridgehead atoms. The van der Waals surface area contributed by atoms with Gasteiger partial charge in [0.25, 0.3) is 0 Å². The molecule has 0 saturated carbocycles. The van der Waals surface area contributed by atoms with Gasteiger partial charge in [-0.2, -0.15) is 0 Å². The van der Waals surface area contributed by atoms with Crippen LogP contribution in [0.4, 0.5) is 4.39 Å². The van der Waals surface area contributed by atoms with Gasteiger partial charge in [0.1, 0.15) is 18.2 Å². The number of nitrogens with one attached hydrogen (secondary N) is 1. The molecule has 0 aromatic heterocycles. The molecule has 2 rings (SSSR count). The van der Waals surface area contributed by atoms with Gasteiger partial charge < -0.3 is 10.1 Å². The third kappa shape index (κ3) is 3.58. The predicted molar refractivity (Wildman–Crippen MR) is 82.3 cm³/mol. The summed E-state index contributed by atoms with van der Waals surface area (Å²) in [4.78, 5) is 0. The molecular weight excluding hydrogens is 321 g/mol. The van der Waals surface area contributed by atoms with Gasteiger partial charge >= 0.3 is 0 Å². The van der Waals surface area contributed by atoms with Crippen LogP contribution in [-0.2, 0) is 6.61 Å². The van der Waals surface area contributed by atoms with Gasteiger partial charge in [-0.1, -0.05) is 24.3 Å². The Morgan fingerprint density at radius 3 is 2.75 bits per heavy atom. The van der Waals surface area contributed by atoms with Gasteiger partial charge in [-0.05, 0) is 53.7 Å². The highest BCUT2D eigenvalue weighted by molar-refractivity contribution is 9.10. The molecule has 0 aliphatic rings. The van der Waals surface area contributed by atoms with Crippen molar-refractivity contribution in [3.63, 3.8) is 0 Å². The van der Waals surface area contributed by atoms with E-state index in [9.17, 15) is 4.39 Å². The second kappa shape index (κ2) is 6.86. The molecule has 4 heteroatoms. The Morgan fingerprint density at radius 1 is 1.25 bits per heavy atom. The van der Waals surface area contributed by atoms with E-state index >= 15 is 0 Å². The first kappa shape index (κ1) is 15.0. The number of halogens is 2. The highest BCUT2D eigenvalue weighted by Crippen LogP contribution is 2.23. The first-order valence-corrected chi connectivity index (χ1v) is 7.24. The summed E-state index contributed by atoms with van der Waals surface area (Å²) in [6, 6.07) is 13.1. The molecule has 2 aromatic carbocycles. The van der Waals surface area contributed by atoms with Crippen molar-refractivity contribution in [3.05, 3.63) is 63.9 Å². The van der Waals surface area contributed by atoms with E-state index in [0.29, 0.717) is 11.1 Å². The van der Waals surface area contributed by atoms with Gasteiger partial charge in [0.2, 0.25) is 0 Å². The third-order valence-corrected chi connectivity index (χ3v) is 4.11. The molecule has 106 valence electrons. The molecular formula is C16H17BrFNO. The first-order valence-electron chi connectivity index (χ1n) is 6.44. The number of ether oxygens (including phenoxy) is 1. The summed E-state index contributed by atoms with van der Waals surface area (Å²) in [5.41, 5.74) is 1.94. The van der Waals surface area contributed by atoms with E-state index in [1.165, 1.54) is 6.07 Å². The Labute approximate surface area is 127 Å². The average Bonchev–Trinajstić information content (AvgIpc) is 2.48. The molecule has 2 nitrogen and oxygen atoms in total. The molecule has 1 unspecified atom stereocenters. The van der Waals surface area contributed by atoms with E-state index in [-0.39, 0.29) is 11.9 Å². The Hall–Kier alpha value is -1.39. The maximum Gasteiger partial charge on any atom is 0.137 e. The predicted octanol–water partition coefficient (Wildman–Crippen LogP) is 4.45. The zero-order chi connectivity index (χ0) is 14.5. The van der Waals surface area contributed by atoms with Crippen LogP contribution in [0.5, 0.6) is 5.75 Å². The maximum atomic E-state index is 13.4. The van der Waals surface area contributed by atoms with Gasteiger partial charge in [-0.15, -0.1) is 0 Å². The number of hydrogen-bond acceptors (Lipinski definition) is 2. The van der Waals surface area contributed by atoms with Crippen LogP contribution in [0.2, 0.25) is 0 Å². The topological polar surface area (TPSA) is 21.3 Å². The molecule has 0 spiro atoms. The van der Waals surface area contributed by atoms with E-state index in [0.717, 1.165) is 16.9 Å². The summed E-state index contributed by atoms with van der Waals surface area (Å²) in [7, 11) is 1.92. The van der Waals surface area contributed by atoms with Crippen LogP contribution in [0.15, 0.2) is 46.9 Å². The Bertz CT molecular complexity index is 588. The van der Waals surface area contributed by atoms with E-state index in [4.69, 9.17) is 4.74 Å². The maximum absolute atomic E-state index is 13.4. The number of rotatable bonds is 5. The quantitative estimate of drug-likeness (QED) is 0.870. The molecule has 1 N–H and O–H groups in total. The summed E-state index contributed by atoms with van der Waals surface area (Å²) < 4.78 is 19.6. The molecule has 0 aliphatic carbocycles. The van der Waals surface area contributed by atoms with Gasteiger partial charge in [-0.3, -0.25) is 0 Å². The lowest BCUT2D eigenvalue weighted by Crippen LogP contribution is -2.12. The number of hydrogen-bond donors (Lipinski definition) is 1. The summed E-state index contributed by atoms with van der Waals surface area (Å²) in [6.07, 6.45) is 0. The largest absolute Gasteiger partial charge is 0.489 e. The summed E-state index contributed by atoms with van der Waals surface area (Å²) in [5.74, 6) is 0.504. The van der Waals surface area contributed by atoms with Crippen LogP contribution in [-0.4, -0.2) is 7.05 Å². The highest BCUT2D eigenvalue weighted by Gasteiger charge is 2.07. The molecule has 20 heavy (non-hydrogen) atoms. The zero-order valence-electron chi connectivity index (χ0n) is 11.5. The third-order valence-electron chi connectivity index (χ3n) is 3.22. The van der Waals surface area contributed by atoms with E-state index in [2.05, 4.69) is 28.2 Å². The van der Waals surface area contributed by atoms with E-state index in [1.807, 2.05) is 37.4 Å². The molecule has 1 atom stereocenters. The fourth-order valence-corrected chi connectivity index (χ4v) is 2.24. The molecule has 0 fully saturated rings. The Morgan fingerprint density at radius 2 is 2.00 bits per heavy atom. The summed E-state index contributed by atoms with van der Waals surface area (Å²) in [6.45, 7) is 2.41. The normalized spacial score (nSPS) is 12.2. The van der Waals surface area contributed by atoms with Crippen molar-refractivity contribution in [3.8, 4) is 5.75 Å². The lowest BCUT2D eigenvalue weighted by Gasteiger charge is -2.13. The molecule has 2 aromatic rings. The van der Waals surface area contributed by atoms with Crippen LogP contribution < -0.4 is 10.1 Å². The minimum Gasteiger partial charge on any atom is -0.489 e. The van der Waals surface area contributed by atoms with Crippen molar-refractivity contribution in [1.82, 2.24) is 5.32 Å². The van der Waals surface area contributed by atoms with Gasteiger partial charge in [0.05, 0.1) is 4.47 Å². The first-order chi connectivity index (χ1) is 9.61. The summed E-state index contributed by atoms with van der Waals surface area (Å²) in [5, 5.41) is 3.19. The second-order valence-electron chi connectivity index (χ2n) is 4.58. The standard InChI is InChI=1S/C16H17BrFNO/c1-11(19-2)12-5-3-7-14(9-12)20-10-13-6-4-8-15(18)16(13)17/h3-9,11,19H,10H2,1-2H3. The van der Waals surface area contributed by atoms with Crippen molar-refractivity contribution in [2.75, 3.05) is 7.05 Å². The average molecular weight is 338 g/mol. The van der Waals surface area contributed by atoms with Gasteiger partial charge in [0, 0.05) is 11.6 Å². The van der Waals surface area contributed by atoms with E-state index in [1.54, 1.807) is 6.07 Å². The van der Waals surface area contributed by atoms with Gasteiger partial charge in [0.15, 0.2) is 0 Å². The molecule has 0 radical (unpaired) electrons. The Kier molecular flexibility index (Phi) is 5.15. The minimum atomic E-state index is -0.274. The number of benzene rings is 2. The lowest BCUT2D eigenvalue weighted by atomic mass is 10.1. The van der Waals surface area contributed by atoms with Crippen LogP contribution in [0.3, 0.4) is 0 Å². The monoisotopic (exact) mass is 337 g/mol. The van der Waals surface area contributed by atoms with Crippen LogP contribution in [0.25, 0.3) is 0 Å². The fourth-order valence-electron chi connectivity index (χ4n) is 1.86. The highest BCUT2D eigenvalue weighted by atomic mass is 79.9. The molecule has 0 heterocycles. The molecule has 0 amide bonds. The van der Waals surface area contributed by atoms with Crippen molar-refractivity contribution in [2.24, 2.45) is 0 Å². The van der Waals surface area contributed by atoms with Crippen molar-refractivity contribution in [1.29, 1.82) is 0 Å². The zero-order valence-corrected chi connectivity index (χ0v) is 13.1. The van der Waals surface area contributed by atoms with Gasteiger partial charge in [-0.25, -0.2) is 4.39 Å². The van der Waals surface area contributed by atoms with Crippen LogP contribution >= 0.6 is 15.9 Å². The van der Waals surface area contributed by atoms with Crippen molar-refractivity contribution < 1.29 is 9.13 Å². The second-order valence-corrected chi connectivity index (χ2v) is 5.38. The van der Waals surface area contributed by atoms with Crippen molar-refractivity contribution >= 4 is 15.9 Å².